The maximum Gasteiger partial charge on any atom is 0.286 e. The van der Waals surface area contributed by atoms with Crippen molar-refractivity contribution in [2.45, 2.75) is 33.2 Å². The topological polar surface area (TPSA) is 107 Å². The van der Waals surface area contributed by atoms with Gasteiger partial charge in [0.25, 0.3) is 11.6 Å². The van der Waals surface area contributed by atoms with Crippen LogP contribution in [0.3, 0.4) is 0 Å². The third-order valence-corrected chi connectivity index (χ3v) is 5.74. The molecule has 3 rings (SSSR count). The summed E-state index contributed by atoms with van der Waals surface area (Å²) in [5.41, 5.74) is 0.867. The molecule has 1 aromatic heterocycles. The van der Waals surface area contributed by atoms with Crippen molar-refractivity contribution >= 4 is 11.6 Å². The Morgan fingerprint density at radius 2 is 1.84 bits per heavy atom. The van der Waals surface area contributed by atoms with Gasteiger partial charge in [0.05, 0.1) is 25.2 Å². The Morgan fingerprint density at radius 3 is 2.39 bits per heavy atom. The maximum absolute atomic E-state index is 12.7. The van der Waals surface area contributed by atoms with Gasteiger partial charge in [-0.3, -0.25) is 19.8 Å². The zero-order valence-electron chi connectivity index (χ0n) is 18.4. The number of nitro benzene ring substituents is 1. The first-order valence-corrected chi connectivity index (χ1v) is 10.3. The highest BCUT2D eigenvalue weighted by Gasteiger charge is 2.26. The number of aryl methyl sites for hydroxylation is 2. The lowest BCUT2D eigenvalue weighted by molar-refractivity contribution is -0.385. The van der Waals surface area contributed by atoms with Crippen LogP contribution in [-0.4, -0.2) is 49.6 Å². The number of benzene rings is 1. The average molecular weight is 431 g/mol. The van der Waals surface area contributed by atoms with Crippen molar-refractivity contribution in [3.63, 3.8) is 0 Å². The molecule has 0 aliphatic carbocycles. The number of nitrogens with zero attached hydrogens (tertiary/aromatic N) is 2. The fourth-order valence-corrected chi connectivity index (χ4v) is 3.96. The number of amides is 1. The molecule has 1 aromatic carbocycles. The van der Waals surface area contributed by atoms with Crippen LogP contribution in [0.15, 0.2) is 22.6 Å². The molecule has 0 unspecified atom stereocenters. The number of ether oxygens (including phenoxy) is 2. The Bertz CT molecular complexity index is 947. The Hall–Kier alpha value is -3.07. The van der Waals surface area contributed by atoms with Gasteiger partial charge in [-0.1, -0.05) is 0 Å². The molecule has 9 nitrogen and oxygen atoms in total. The molecule has 2 aromatic rings. The van der Waals surface area contributed by atoms with E-state index in [0.29, 0.717) is 12.5 Å². The predicted molar refractivity (Wildman–Crippen MR) is 115 cm³/mol. The van der Waals surface area contributed by atoms with Crippen LogP contribution < -0.4 is 14.8 Å². The van der Waals surface area contributed by atoms with E-state index in [1.807, 2.05) is 13.8 Å². The monoisotopic (exact) mass is 431 g/mol. The van der Waals surface area contributed by atoms with Crippen molar-refractivity contribution in [2.75, 3.05) is 33.9 Å². The highest BCUT2D eigenvalue weighted by Crippen LogP contribution is 2.34. The van der Waals surface area contributed by atoms with Gasteiger partial charge in [-0.25, -0.2) is 0 Å². The smallest absolute Gasteiger partial charge is 0.286 e. The molecule has 0 radical (unpaired) electrons. The average Bonchev–Trinajstić information content (AvgIpc) is 3.08. The van der Waals surface area contributed by atoms with E-state index in [-0.39, 0.29) is 22.7 Å². The zero-order valence-corrected chi connectivity index (χ0v) is 18.4. The lowest BCUT2D eigenvalue weighted by Crippen LogP contribution is -2.38. The number of methoxy groups -OCH3 is 2. The highest BCUT2D eigenvalue weighted by molar-refractivity contribution is 5.99. The van der Waals surface area contributed by atoms with Gasteiger partial charge in [0.1, 0.15) is 17.1 Å². The van der Waals surface area contributed by atoms with Gasteiger partial charge >= 0.3 is 0 Å². The maximum atomic E-state index is 12.7. The number of carbonyl (C=O) groups is 1. The van der Waals surface area contributed by atoms with Gasteiger partial charge in [0.15, 0.2) is 11.5 Å². The summed E-state index contributed by atoms with van der Waals surface area (Å²) < 4.78 is 15.9. The molecule has 0 bridgehead atoms. The molecule has 1 saturated heterocycles. The highest BCUT2D eigenvalue weighted by atomic mass is 16.6. The van der Waals surface area contributed by atoms with Crippen molar-refractivity contribution < 1.29 is 23.6 Å². The van der Waals surface area contributed by atoms with Gasteiger partial charge < -0.3 is 19.2 Å². The molecule has 168 valence electrons. The van der Waals surface area contributed by atoms with Crippen LogP contribution in [0.2, 0.25) is 0 Å². The van der Waals surface area contributed by atoms with Crippen LogP contribution >= 0.6 is 0 Å². The largest absolute Gasteiger partial charge is 0.493 e. The number of carbonyl (C=O) groups excluding carboxylic acids is 1. The molecule has 0 atom stereocenters. The molecule has 0 spiro atoms. The molecule has 1 aliphatic rings. The molecule has 1 amide bonds. The second-order valence-corrected chi connectivity index (χ2v) is 7.85. The summed E-state index contributed by atoms with van der Waals surface area (Å²) in [6.07, 6.45) is 1.90. The van der Waals surface area contributed by atoms with E-state index in [1.54, 1.807) is 0 Å². The normalized spacial score (nSPS) is 15.0. The number of hydrogen-bond donors (Lipinski definition) is 1. The second kappa shape index (κ2) is 9.82. The van der Waals surface area contributed by atoms with Crippen molar-refractivity contribution in [1.82, 2.24) is 10.2 Å². The van der Waals surface area contributed by atoms with Crippen LogP contribution in [0.4, 0.5) is 5.69 Å². The lowest BCUT2D eigenvalue weighted by Gasteiger charge is -2.31. The van der Waals surface area contributed by atoms with Gasteiger partial charge in [-0.2, -0.15) is 0 Å². The quantitative estimate of drug-likeness (QED) is 0.504. The van der Waals surface area contributed by atoms with E-state index in [1.165, 1.54) is 31.9 Å². The molecule has 1 fully saturated rings. The molecule has 31 heavy (non-hydrogen) atoms. The SMILES string of the molecule is COc1cc(C(=O)NCC2CCN(Cc3cc(C)oc3C)CC2)c([N+](=O)[O-])cc1OC. The Kier molecular flexibility index (Phi) is 7.17. The minimum absolute atomic E-state index is 0.0362. The molecule has 2 heterocycles. The molecule has 9 heteroatoms. The van der Waals surface area contributed by atoms with Gasteiger partial charge in [-0.15, -0.1) is 0 Å². The molecular formula is C22H29N3O6. The molecule has 1 N–H and O–H groups in total. The summed E-state index contributed by atoms with van der Waals surface area (Å²) in [6.45, 7) is 7.13. The Balaban J connectivity index is 1.57. The summed E-state index contributed by atoms with van der Waals surface area (Å²) in [7, 11) is 2.81. The number of piperidine rings is 1. The minimum atomic E-state index is -0.588. The molecular weight excluding hydrogens is 402 g/mol. The van der Waals surface area contributed by atoms with E-state index in [0.717, 1.165) is 44.0 Å². The number of likely N-dealkylation sites (tertiary alicyclic amines) is 1. The summed E-state index contributed by atoms with van der Waals surface area (Å²) in [5, 5.41) is 14.3. The van der Waals surface area contributed by atoms with E-state index in [2.05, 4.69) is 16.3 Å². The summed E-state index contributed by atoms with van der Waals surface area (Å²) in [4.78, 5) is 25.9. The summed E-state index contributed by atoms with van der Waals surface area (Å²) >= 11 is 0. The molecule has 0 saturated carbocycles. The minimum Gasteiger partial charge on any atom is -0.493 e. The number of furan rings is 1. The van der Waals surface area contributed by atoms with Crippen LogP contribution in [-0.2, 0) is 6.54 Å². The standard InChI is InChI=1S/C22H29N3O6/c1-14-9-17(15(2)31-14)13-24-7-5-16(6-8-24)12-23-22(26)18-10-20(29-3)21(30-4)11-19(18)25(27)28/h9-11,16H,5-8,12-13H2,1-4H3,(H,23,26). The van der Waals surface area contributed by atoms with Crippen LogP contribution in [0.1, 0.15) is 40.3 Å². The summed E-state index contributed by atoms with van der Waals surface area (Å²) in [5.74, 6) is 2.21. The first kappa shape index (κ1) is 22.6. The number of nitro groups is 1. The van der Waals surface area contributed by atoms with Crippen molar-refractivity contribution in [3.05, 3.63) is 51.0 Å². The number of nitrogens with one attached hydrogen (secondary N) is 1. The molecule has 1 aliphatic heterocycles. The van der Waals surface area contributed by atoms with Crippen molar-refractivity contribution in [1.29, 1.82) is 0 Å². The van der Waals surface area contributed by atoms with Crippen LogP contribution in [0.25, 0.3) is 0 Å². The Labute approximate surface area is 181 Å². The van der Waals surface area contributed by atoms with Gasteiger partial charge in [0.2, 0.25) is 0 Å². The van der Waals surface area contributed by atoms with Crippen molar-refractivity contribution in [2.24, 2.45) is 5.92 Å². The van der Waals surface area contributed by atoms with Crippen LogP contribution in [0, 0.1) is 29.9 Å². The van der Waals surface area contributed by atoms with E-state index in [4.69, 9.17) is 13.9 Å². The first-order chi connectivity index (χ1) is 14.8. The fourth-order valence-electron chi connectivity index (χ4n) is 3.96. The number of hydrogen-bond acceptors (Lipinski definition) is 7. The predicted octanol–water partition coefficient (Wildman–Crippen LogP) is 3.46. The number of rotatable bonds is 8. The van der Waals surface area contributed by atoms with E-state index >= 15 is 0 Å². The fraction of sp³-hybridized carbons (Fsp3) is 0.500. The van der Waals surface area contributed by atoms with Gasteiger partial charge in [0, 0.05) is 24.7 Å². The third kappa shape index (κ3) is 5.35. The van der Waals surface area contributed by atoms with E-state index in [9.17, 15) is 14.9 Å². The van der Waals surface area contributed by atoms with Gasteiger partial charge in [-0.05, 0) is 51.8 Å². The summed E-state index contributed by atoms with van der Waals surface area (Å²) in [6, 6.07) is 4.65. The zero-order chi connectivity index (χ0) is 22.5. The second-order valence-electron chi connectivity index (χ2n) is 7.85. The van der Waals surface area contributed by atoms with Crippen LogP contribution in [0.5, 0.6) is 11.5 Å². The Morgan fingerprint density at radius 1 is 1.19 bits per heavy atom. The first-order valence-electron chi connectivity index (χ1n) is 10.3. The van der Waals surface area contributed by atoms with E-state index < -0.39 is 10.8 Å². The van der Waals surface area contributed by atoms with Crippen molar-refractivity contribution in [3.8, 4) is 11.5 Å². The lowest BCUT2D eigenvalue weighted by atomic mass is 9.96. The third-order valence-electron chi connectivity index (χ3n) is 5.74.